The second-order valence-electron chi connectivity index (χ2n) is 7.70. The smallest absolute Gasteiger partial charge is 0.305 e. The Morgan fingerprint density at radius 1 is 1.24 bits per heavy atom. The van der Waals surface area contributed by atoms with Crippen LogP contribution in [0.1, 0.15) is 76.4 Å². The van der Waals surface area contributed by atoms with Gasteiger partial charge in [0, 0.05) is 25.1 Å². The molecule has 1 aromatic rings. The number of rotatable bonds is 12. The summed E-state index contributed by atoms with van der Waals surface area (Å²) >= 11 is 0. The summed E-state index contributed by atoms with van der Waals surface area (Å²) in [5.41, 5.74) is 1.97. The molecule has 0 aromatic heterocycles. The third kappa shape index (κ3) is 7.32. The lowest BCUT2D eigenvalue weighted by Crippen LogP contribution is -2.32. The SMILES string of the molecule is CCCCCC(O)c1ccc(N2CCC(=O)[C@@H]2C/C=C\CCCC(=O)OC)cc1. The highest BCUT2D eigenvalue weighted by molar-refractivity contribution is 5.91. The van der Waals surface area contributed by atoms with E-state index in [0.29, 0.717) is 19.3 Å². The number of nitrogens with zero attached hydrogens (tertiary/aromatic N) is 1. The molecule has 1 heterocycles. The zero-order valence-corrected chi connectivity index (χ0v) is 17.8. The van der Waals surface area contributed by atoms with Gasteiger partial charge in [-0.1, -0.05) is 50.5 Å². The monoisotopic (exact) mass is 401 g/mol. The fraction of sp³-hybridized carbons (Fsp3) is 0.583. The van der Waals surface area contributed by atoms with Gasteiger partial charge in [0.2, 0.25) is 0 Å². The molecular formula is C24H35NO4. The van der Waals surface area contributed by atoms with Crippen molar-refractivity contribution in [1.29, 1.82) is 0 Å². The van der Waals surface area contributed by atoms with Crippen molar-refractivity contribution in [2.24, 2.45) is 0 Å². The summed E-state index contributed by atoms with van der Waals surface area (Å²) in [6.07, 6.45) is 11.0. The van der Waals surface area contributed by atoms with Crippen LogP contribution < -0.4 is 4.90 Å². The summed E-state index contributed by atoms with van der Waals surface area (Å²) in [4.78, 5) is 25.6. The quantitative estimate of drug-likeness (QED) is 0.311. The van der Waals surface area contributed by atoms with E-state index in [2.05, 4.69) is 16.6 Å². The van der Waals surface area contributed by atoms with Gasteiger partial charge in [0.05, 0.1) is 19.3 Å². The number of benzene rings is 1. The van der Waals surface area contributed by atoms with E-state index < -0.39 is 6.10 Å². The van der Waals surface area contributed by atoms with Crippen molar-refractivity contribution in [2.75, 3.05) is 18.6 Å². The number of esters is 1. The molecule has 1 N–H and O–H groups in total. The van der Waals surface area contributed by atoms with Gasteiger partial charge in [0.1, 0.15) is 0 Å². The number of unbranched alkanes of at least 4 members (excludes halogenated alkanes) is 3. The van der Waals surface area contributed by atoms with Gasteiger partial charge in [-0.15, -0.1) is 0 Å². The molecule has 1 fully saturated rings. The Balaban J connectivity index is 1.88. The van der Waals surface area contributed by atoms with Crippen molar-refractivity contribution in [3.05, 3.63) is 42.0 Å². The van der Waals surface area contributed by atoms with Crippen LogP contribution in [0.15, 0.2) is 36.4 Å². The molecule has 1 saturated heterocycles. The number of ether oxygens (including phenoxy) is 1. The number of anilines is 1. The largest absolute Gasteiger partial charge is 0.469 e. The topological polar surface area (TPSA) is 66.8 Å². The maximum atomic E-state index is 12.4. The summed E-state index contributed by atoms with van der Waals surface area (Å²) in [7, 11) is 1.40. The molecule has 0 spiro atoms. The summed E-state index contributed by atoms with van der Waals surface area (Å²) < 4.78 is 4.63. The first-order valence-corrected chi connectivity index (χ1v) is 10.9. The van der Waals surface area contributed by atoms with Gasteiger partial charge < -0.3 is 14.7 Å². The van der Waals surface area contributed by atoms with Crippen LogP contribution in [0, 0.1) is 0 Å². The standard InChI is InChI=1S/C24H35NO4/c1-3-4-7-11-22(26)19-13-15-20(16-14-19)25-18-17-23(27)21(25)10-8-5-6-9-12-24(28)29-2/h5,8,13-16,21-22,26H,3-4,6-7,9-12,17-18H2,1-2H3/b8-5-/t21-,22?/m0/s1. The average molecular weight is 402 g/mol. The zero-order valence-electron chi connectivity index (χ0n) is 17.8. The summed E-state index contributed by atoms with van der Waals surface area (Å²) in [5.74, 6) is 0.0855. The molecule has 5 heteroatoms. The zero-order chi connectivity index (χ0) is 21.1. The highest BCUT2D eigenvalue weighted by atomic mass is 16.5. The second kappa shape index (κ2) is 12.4. The maximum absolute atomic E-state index is 12.4. The third-order valence-corrected chi connectivity index (χ3v) is 5.54. The molecule has 1 unspecified atom stereocenters. The van der Waals surface area contributed by atoms with E-state index in [1.54, 1.807) is 0 Å². The molecule has 0 bridgehead atoms. The minimum atomic E-state index is -0.417. The van der Waals surface area contributed by atoms with Crippen LogP contribution in [0.3, 0.4) is 0 Å². The molecule has 0 aliphatic carbocycles. The molecule has 160 valence electrons. The predicted octanol–water partition coefficient (Wildman–Crippen LogP) is 4.74. The molecule has 2 atom stereocenters. The predicted molar refractivity (Wildman–Crippen MR) is 116 cm³/mol. The van der Waals surface area contributed by atoms with E-state index in [-0.39, 0.29) is 17.8 Å². The average Bonchev–Trinajstić information content (AvgIpc) is 3.10. The van der Waals surface area contributed by atoms with Crippen LogP contribution in [0.4, 0.5) is 5.69 Å². The Hall–Kier alpha value is -2.14. The van der Waals surface area contributed by atoms with Crippen molar-refractivity contribution in [1.82, 2.24) is 0 Å². The first kappa shape index (κ1) is 23.1. The molecule has 5 nitrogen and oxygen atoms in total. The number of ketones is 1. The van der Waals surface area contributed by atoms with Crippen molar-refractivity contribution in [3.63, 3.8) is 0 Å². The van der Waals surface area contributed by atoms with Crippen LogP contribution in [-0.2, 0) is 14.3 Å². The first-order valence-electron chi connectivity index (χ1n) is 10.9. The molecule has 1 aromatic carbocycles. The van der Waals surface area contributed by atoms with E-state index in [1.807, 2.05) is 36.4 Å². The molecular weight excluding hydrogens is 366 g/mol. The molecule has 29 heavy (non-hydrogen) atoms. The molecule has 2 rings (SSSR count). The number of carbonyl (C=O) groups excluding carboxylic acids is 2. The van der Waals surface area contributed by atoms with Gasteiger partial charge in [-0.05, 0) is 43.4 Å². The van der Waals surface area contributed by atoms with Gasteiger partial charge in [0.25, 0.3) is 0 Å². The molecule has 0 amide bonds. The minimum absolute atomic E-state index is 0.132. The summed E-state index contributed by atoms with van der Waals surface area (Å²) in [6.45, 7) is 2.89. The Labute approximate surface area is 174 Å². The number of carbonyl (C=O) groups is 2. The lowest BCUT2D eigenvalue weighted by atomic mass is 10.0. The van der Waals surface area contributed by atoms with Gasteiger partial charge in [-0.3, -0.25) is 9.59 Å². The van der Waals surface area contributed by atoms with E-state index in [0.717, 1.165) is 56.3 Å². The van der Waals surface area contributed by atoms with Crippen molar-refractivity contribution in [2.45, 2.75) is 76.9 Å². The molecule has 0 saturated carbocycles. The van der Waals surface area contributed by atoms with E-state index in [1.165, 1.54) is 7.11 Å². The number of hydrogen-bond acceptors (Lipinski definition) is 5. The van der Waals surface area contributed by atoms with E-state index in [9.17, 15) is 14.7 Å². The lowest BCUT2D eigenvalue weighted by Gasteiger charge is -2.25. The van der Waals surface area contributed by atoms with Crippen molar-refractivity contribution >= 4 is 17.4 Å². The number of allylic oxidation sites excluding steroid dienone is 1. The van der Waals surface area contributed by atoms with Gasteiger partial charge >= 0.3 is 5.97 Å². The van der Waals surface area contributed by atoms with Crippen molar-refractivity contribution in [3.8, 4) is 0 Å². The molecule has 1 aliphatic heterocycles. The molecule has 1 aliphatic rings. The van der Waals surface area contributed by atoms with Crippen LogP contribution in [0.2, 0.25) is 0 Å². The summed E-state index contributed by atoms with van der Waals surface area (Å²) in [5, 5.41) is 10.3. The lowest BCUT2D eigenvalue weighted by molar-refractivity contribution is -0.140. The number of methoxy groups -OCH3 is 1. The summed E-state index contributed by atoms with van der Waals surface area (Å²) in [6, 6.07) is 7.86. The first-order chi connectivity index (χ1) is 14.1. The number of Topliss-reactive ketones (excluding diaryl/α,β-unsaturated/α-hetero) is 1. The van der Waals surface area contributed by atoms with E-state index in [4.69, 9.17) is 0 Å². The molecule has 0 radical (unpaired) electrons. The highest BCUT2D eigenvalue weighted by Crippen LogP contribution is 2.28. The van der Waals surface area contributed by atoms with Gasteiger partial charge in [0.15, 0.2) is 5.78 Å². The highest BCUT2D eigenvalue weighted by Gasteiger charge is 2.31. The Morgan fingerprint density at radius 2 is 2.00 bits per heavy atom. The fourth-order valence-corrected chi connectivity index (χ4v) is 3.75. The van der Waals surface area contributed by atoms with Crippen LogP contribution >= 0.6 is 0 Å². The van der Waals surface area contributed by atoms with Crippen molar-refractivity contribution < 1.29 is 19.4 Å². The fourth-order valence-electron chi connectivity index (χ4n) is 3.75. The van der Waals surface area contributed by atoms with E-state index >= 15 is 0 Å². The number of aliphatic hydroxyl groups is 1. The van der Waals surface area contributed by atoms with Gasteiger partial charge in [-0.2, -0.15) is 0 Å². The third-order valence-electron chi connectivity index (χ3n) is 5.54. The Kier molecular flexibility index (Phi) is 9.92. The van der Waals surface area contributed by atoms with Crippen LogP contribution in [0.5, 0.6) is 0 Å². The van der Waals surface area contributed by atoms with Crippen LogP contribution in [-0.4, -0.2) is 36.6 Å². The second-order valence-corrected chi connectivity index (χ2v) is 7.70. The Morgan fingerprint density at radius 3 is 2.69 bits per heavy atom. The van der Waals surface area contributed by atoms with Gasteiger partial charge in [-0.25, -0.2) is 0 Å². The Bertz CT molecular complexity index is 668. The minimum Gasteiger partial charge on any atom is -0.469 e. The number of aliphatic hydroxyl groups excluding tert-OH is 1. The maximum Gasteiger partial charge on any atom is 0.305 e. The van der Waals surface area contributed by atoms with Crippen LogP contribution in [0.25, 0.3) is 0 Å². The normalized spacial score (nSPS) is 17.8. The number of hydrogen-bond donors (Lipinski definition) is 1.